The summed E-state index contributed by atoms with van der Waals surface area (Å²) in [5.41, 5.74) is 6.96. The number of H-pyrrole nitrogens is 1. The minimum Gasteiger partial charge on any atom is -0.486 e. The number of ether oxygens (including phenoxy) is 1. The summed E-state index contributed by atoms with van der Waals surface area (Å²) in [7, 11) is 0. The summed E-state index contributed by atoms with van der Waals surface area (Å²) >= 11 is 0. The van der Waals surface area contributed by atoms with Gasteiger partial charge < -0.3 is 9.72 Å². The molecule has 1 N–H and O–H groups in total. The zero-order chi connectivity index (χ0) is 15.0. The van der Waals surface area contributed by atoms with E-state index < -0.39 is 0 Å². The summed E-state index contributed by atoms with van der Waals surface area (Å²) in [6.07, 6.45) is 0. The van der Waals surface area contributed by atoms with E-state index in [1.54, 1.807) is 0 Å². The lowest BCUT2D eigenvalue weighted by Crippen LogP contribution is -1.98. The Morgan fingerprint density at radius 3 is 2.29 bits per heavy atom. The van der Waals surface area contributed by atoms with E-state index in [0.29, 0.717) is 6.61 Å². The van der Waals surface area contributed by atoms with Gasteiger partial charge in [0, 0.05) is 0 Å². The number of aromatic amines is 1. The topological polar surface area (TPSA) is 37.9 Å². The molecule has 0 spiro atoms. The molecule has 0 aliphatic carbocycles. The average molecular weight is 280 g/mol. The van der Waals surface area contributed by atoms with Crippen molar-refractivity contribution in [2.24, 2.45) is 0 Å². The van der Waals surface area contributed by atoms with Crippen LogP contribution in [0.15, 0.2) is 30.3 Å². The van der Waals surface area contributed by atoms with Crippen molar-refractivity contribution >= 4 is 11.0 Å². The quantitative estimate of drug-likeness (QED) is 0.773. The normalized spacial score (nSPS) is 11.0. The third-order valence-electron chi connectivity index (χ3n) is 3.54. The summed E-state index contributed by atoms with van der Waals surface area (Å²) in [5.74, 6) is 1.75. The van der Waals surface area contributed by atoms with Crippen LogP contribution in [-0.4, -0.2) is 9.97 Å². The lowest BCUT2D eigenvalue weighted by molar-refractivity contribution is 0.297. The number of rotatable bonds is 3. The van der Waals surface area contributed by atoms with Crippen LogP contribution in [0.1, 0.15) is 28.1 Å². The van der Waals surface area contributed by atoms with Crippen LogP contribution in [0.25, 0.3) is 11.0 Å². The van der Waals surface area contributed by atoms with E-state index in [1.165, 1.54) is 22.3 Å². The van der Waals surface area contributed by atoms with E-state index in [2.05, 4.69) is 55.9 Å². The van der Waals surface area contributed by atoms with Crippen molar-refractivity contribution in [3.05, 3.63) is 58.4 Å². The molecule has 21 heavy (non-hydrogen) atoms. The number of nitrogens with zero attached hydrogens (tertiary/aromatic N) is 1. The second-order valence-corrected chi connectivity index (χ2v) is 5.77. The molecule has 0 bridgehead atoms. The lowest BCUT2D eigenvalue weighted by atomic mass is 10.1. The average Bonchev–Trinajstić information content (AvgIpc) is 2.78. The van der Waals surface area contributed by atoms with Crippen molar-refractivity contribution in [3.63, 3.8) is 0 Å². The maximum absolute atomic E-state index is 5.86. The van der Waals surface area contributed by atoms with Gasteiger partial charge in [0.1, 0.15) is 18.2 Å². The molecule has 3 aromatic rings. The lowest BCUT2D eigenvalue weighted by Gasteiger charge is -2.06. The first-order valence-electron chi connectivity index (χ1n) is 7.18. The van der Waals surface area contributed by atoms with Crippen LogP contribution in [-0.2, 0) is 6.61 Å². The summed E-state index contributed by atoms with van der Waals surface area (Å²) in [5, 5.41) is 0. The van der Waals surface area contributed by atoms with E-state index >= 15 is 0 Å². The fraction of sp³-hybridized carbons (Fsp3) is 0.278. The van der Waals surface area contributed by atoms with E-state index in [1.807, 2.05) is 12.1 Å². The molecule has 0 radical (unpaired) electrons. The molecule has 3 rings (SSSR count). The minimum atomic E-state index is 0.454. The van der Waals surface area contributed by atoms with Gasteiger partial charge in [-0.25, -0.2) is 4.98 Å². The molecule has 0 unspecified atom stereocenters. The first kappa shape index (κ1) is 13.7. The van der Waals surface area contributed by atoms with Gasteiger partial charge in [0.25, 0.3) is 0 Å². The molecular formula is C18H20N2O. The molecule has 0 amide bonds. The number of aryl methyl sites for hydroxylation is 4. The van der Waals surface area contributed by atoms with Gasteiger partial charge >= 0.3 is 0 Å². The highest BCUT2D eigenvalue weighted by Gasteiger charge is 2.07. The van der Waals surface area contributed by atoms with Crippen LogP contribution in [0.2, 0.25) is 0 Å². The third-order valence-corrected chi connectivity index (χ3v) is 3.54. The van der Waals surface area contributed by atoms with E-state index in [4.69, 9.17) is 4.74 Å². The Hall–Kier alpha value is -2.29. The highest BCUT2D eigenvalue weighted by Crippen LogP contribution is 2.20. The molecule has 108 valence electrons. The molecule has 1 heterocycles. The number of benzene rings is 2. The van der Waals surface area contributed by atoms with E-state index in [0.717, 1.165) is 22.6 Å². The number of fused-ring (bicyclic) bond motifs is 1. The Morgan fingerprint density at radius 1 is 0.905 bits per heavy atom. The summed E-state index contributed by atoms with van der Waals surface area (Å²) in [6.45, 7) is 8.79. The fourth-order valence-electron chi connectivity index (χ4n) is 2.76. The number of nitrogens with one attached hydrogen (secondary N) is 1. The van der Waals surface area contributed by atoms with Crippen molar-refractivity contribution in [3.8, 4) is 5.75 Å². The molecule has 0 aliphatic rings. The van der Waals surface area contributed by atoms with Crippen molar-refractivity contribution in [1.29, 1.82) is 0 Å². The van der Waals surface area contributed by atoms with E-state index in [9.17, 15) is 0 Å². The molecular weight excluding hydrogens is 260 g/mol. The van der Waals surface area contributed by atoms with Gasteiger partial charge in [-0.3, -0.25) is 0 Å². The largest absolute Gasteiger partial charge is 0.486 e. The van der Waals surface area contributed by atoms with Gasteiger partial charge in [-0.2, -0.15) is 0 Å². The molecule has 0 fully saturated rings. The van der Waals surface area contributed by atoms with Gasteiger partial charge in [0.05, 0.1) is 11.0 Å². The zero-order valence-corrected chi connectivity index (χ0v) is 12.9. The maximum atomic E-state index is 5.86. The van der Waals surface area contributed by atoms with Crippen LogP contribution >= 0.6 is 0 Å². The number of hydrogen-bond acceptors (Lipinski definition) is 2. The maximum Gasteiger partial charge on any atom is 0.146 e. The number of imidazole rings is 1. The number of hydrogen-bond donors (Lipinski definition) is 1. The van der Waals surface area contributed by atoms with Crippen LogP contribution in [0.3, 0.4) is 0 Å². The molecule has 0 saturated carbocycles. The summed E-state index contributed by atoms with van der Waals surface area (Å²) < 4.78 is 5.86. The van der Waals surface area contributed by atoms with Crippen molar-refractivity contribution in [2.75, 3.05) is 0 Å². The summed E-state index contributed by atoms with van der Waals surface area (Å²) in [4.78, 5) is 7.97. The Balaban J connectivity index is 1.83. The molecule has 3 nitrogen and oxygen atoms in total. The van der Waals surface area contributed by atoms with E-state index in [-0.39, 0.29) is 0 Å². The highest BCUT2D eigenvalue weighted by atomic mass is 16.5. The Morgan fingerprint density at radius 2 is 1.57 bits per heavy atom. The first-order chi connectivity index (χ1) is 10.0. The first-order valence-corrected chi connectivity index (χ1v) is 7.18. The monoisotopic (exact) mass is 280 g/mol. The molecule has 0 aliphatic heterocycles. The summed E-state index contributed by atoms with van der Waals surface area (Å²) in [6, 6.07) is 10.5. The smallest absolute Gasteiger partial charge is 0.146 e. The van der Waals surface area contributed by atoms with Crippen LogP contribution in [0.5, 0.6) is 5.75 Å². The van der Waals surface area contributed by atoms with Crippen molar-refractivity contribution < 1.29 is 4.74 Å². The predicted molar refractivity (Wildman–Crippen MR) is 85.8 cm³/mol. The van der Waals surface area contributed by atoms with Gasteiger partial charge in [-0.1, -0.05) is 12.1 Å². The molecule has 2 aromatic carbocycles. The van der Waals surface area contributed by atoms with Gasteiger partial charge in [-0.05, 0) is 68.1 Å². The van der Waals surface area contributed by atoms with Crippen LogP contribution < -0.4 is 4.74 Å². The van der Waals surface area contributed by atoms with Gasteiger partial charge in [0.2, 0.25) is 0 Å². The number of aromatic nitrogens is 2. The Bertz CT molecular complexity index is 782. The van der Waals surface area contributed by atoms with Gasteiger partial charge in [-0.15, -0.1) is 0 Å². The van der Waals surface area contributed by atoms with Crippen LogP contribution in [0, 0.1) is 27.7 Å². The second-order valence-electron chi connectivity index (χ2n) is 5.77. The predicted octanol–water partition coefficient (Wildman–Crippen LogP) is 4.38. The molecule has 0 atom stereocenters. The van der Waals surface area contributed by atoms with Crippen molar-refractivity contribution in [1.82, 2.24) is 9.97 Å². The third kappa shape index (κ3) is 2.92. The molecule has 1 aromatic heterocycles. The van der Waals surface area contributed by atoms with Gasteiger partial charge in [0.15, 0.2) is 0 Å². The van der Waals surface area contributed by atoms with Crippen molar-refractivity contribution in [2.45, 2.75) is 34.3 Å². The highest BCUT2D eigenvalue weighted by molar-refractivity contribution is 5.79. The minimum absolute atomic E-state index is 0.454. The molecule has 0 saturated heterocycles. The fourth-order valence-corrected chi connectivity index (χ4v) is 2.76. The van der Waals surface area contributed by atoms with Crippen LogP contribution in [0.4, 0.5) is 0 Å². The molecule has 3 heteroatoms. The Kier molecular flexibility index (Phi) is 3.42. The standard InChI is InChI=1S/C18H20N2O/c1-11-5-12(2)8-15(7-11)21-10-17-19-16-9-13(3)6-14(4)18(16)20-17/h5-9H,10H2,1-4H3,(H,19,20). The SMILES string of the molecule is Cc1cc(C)cc(OCc2nc3c(C)cc(C)cc3[nH]2)c1. The second kappa shape index (κ2) is 5.24. The Labute approximate surface area is 125 Å². The zero-order valence-electron chi connectivity index (χ0n) is 12.9.